The van der Waals surface area contributed by atoms with E-state index >= 15 is 0 Å². The monoisotopic (exact) mass is 336 g/mol. The van der Waals surface area contributed by atoms with Gasteiger partial charge in [-0.05, 0) is 0 Å². The summed E-state index contributed by atoms with van der Waals surface area (Å²) < 4.78 is 0. The first-order chi connectivity index (χ1) is 12.0. The largest absolute Gasteiger partial charge is 0.0533 e. The molecule has 4 aliphatic rings. The van der Waals surface area contributed by atoms with Crippen LogP contribution in [0.2, 0.25) is 0 Å². The maximum absolute atomic E-state index is 1.50. The molecule has 4 rings (SSSR count). The van der Waals surface area contributed by atoms with Gasteiger partial charge in [0.25, 0.3) is 0 Å². The highest BCUT2D eigenvalue weighted by molar-refractivity contribution is 4.52. The number of hydrogen-bond donors (Lipinski definition) is 0. The Morgan fingerprint density at radius 1 is 0.0833 bits per heavy atom. The molecule has 0 radical (unpaired) electrons. The first-order valence-corrected chi connectivity index (χ1v) is 12.0. The Kier molecular flexibility index (Phi) is 17.7. The third-order valence-electron chi connectivity index (χ3n) is 6.00. The molecule has 4 fully saturated rings. The van der Waals surface area contributed by atoms with Crippen molar-refractivity contribution in [3.8, 4) is 0 Å². The van der Waals surface area contributed by atoms with Crippen molar-refractivity contribution in [2.75, 3.05) is 0 Å². The SMILES string of the molecule is C1CCCCC1.C1CCCCC1.C1CCCCC1.C1CCCCC1. The molecule has 0 heteroatoms. The quantitative estimate of drug-likeness (QED) is 0.413. The summed E-state index contributed by atoms with van der Waals surface area (Å²) in [4.78, 5) is 0. The molecule has 4 aliphatic carbocycles. The van der Waals surface area contributed by atoms with E-state index < -0.39 is 0 Å². The zero-order valence-electron chi connectivity index (χ0n) is 17.0. The minimum atomic E-state index is 1.50. The number of hydrogen-bond acceptors (Lipinski definition) is 0. The van der Waals surface area contributed by atoms with Crippen LogP contribution in [-0.2, 0) is 0 Å². The van der Waals surface area contributed by atoms with Gasteiger partial charge >= 0.3 is 0 Å². The fourth-order valence-corrected chi connectivity index (χ4v) is 4.24. The smallest absolute Gasteiger partial charge is 0.0533 e. The van der Waals surface area contributed by atoms with E-state index in [9.17, 15) is 0 Å². The highest BCUT2D eigenvalue weighted by atomic mass is 14.0. The molecular formula is C24H48. The minimum absolute atomic E-state index is 1.50. The van der Waals surface area contributed by atoms with Crippen molar-refractivity contribution in [3.05, 3.63) is 0 Å². The maximum Gasteiger partial charge on any atom is -0.0533 e. The van der Waals surface area contributed by atoms with Crippen LogP contribution >= 0.6 is 0 Å². The average molecular weight is 337 g/mol. The molecule has 4 saturated carbocycles. The van der Waals surface area contributed by atoms with Crippen LogP contribution in [0.1, 0.15) is 154 Å². The fourth-order valence-electron chi connectivity index (χ4n) is 4.24. The summed E-state index contributed by atoms with van der Waals surface area (Å²) in [7, 11) is 0. The second kappa shape index (κ2) is 19.3. The highest BCUT2D eigenvalue weighted by Crippen LogP contribution is 2.17. The van der Waals surface area contributed by atoms with Crippen LogP contribution in [0.4, 0.5) is 0 Å². The Morgan fingerprint density at radius 3 is 0.167 bits per heavy atom. The molecule has 0 unspecified atom stereocenters. The van der Waals surface area contributed by atoms with E-state index in [4.69, 9.17) is 0 Å². The first-order valence-electron chi connectivity index (χ1n) is 12.0. The Morgan fingerprint density at radius 2 is 0.125 bits per heavy atom. The Bertz CT molecular complexity index is 110. The van der Waals surface area contributed by atoms with Gasteiger partial charge in [0.15, 0.2) is 0 Å². The van der Waals surface area contributed by atoms with Crippen LogP contribution in [0.15, 0.2) is 0 Å². The predicted octanol–water partition coefficient (Wildman–Crippen LogP) is 9.36. The van der Waals surface area contributed by atoms with E-state index in [0.717, 1.165) is 0 Å². The molecule has 0 N–H and O–H groups in total. The molecule has 0 nitrogen and oxygen atoms in total. The molecule has 0 aliphatic heterocycles. The fraction of sp³-hybridized carbons (Fsp3) is 1.00. The van der Waals surface area contributed by atoms with Crippen LogP contribution in [0.3, 0.4) is 0 Å². The van der Waals surface area contributed by atoms with Gasteiger partial charge < -0.3 is 0 Å². The molecular weight excluding hydrogens is 288 g/mol. The lowest BCUT2D eigenvalue weighted by molar-refractivity contribution is 0.504. The highest BCUT2D eigenvalue weighted by Gasteiger charge is 1.97. The molecule has 0 atom stereocenters. The molecule has 0 aromatic carbocycles. The van der Waals surface area contributed by atoms with Gasteiger partial charge in [0.2, 0.25) is 0 Å². The van der Waals surface area contributed by atoms with Gasteiger partial charge in [-0.2, -0.15) is 0 Å². The van der Waals surface area contributed by atoms with E-state index in [1.165, 1.54) is 154 Å². The molecule has 144 valence electrons. The second-order valence-corrected chi connectivity index (χ2v) is 8.49. The second-order valence-electron chi connectivity index (χ2n) is 8.49. The number of rotatable bonds is 0. The first kappa shape index (κ1) is 22.0. The van der Waals surface area contributed by atoms with Gasteiger partial charge in [-0.3, -0.25) is 0 Å². The third kappa shape index (κ3) is 16.8. The lowest BCUT2D eigenvalue weighted by atomic mass is 10.0. The molecule has 0 spiro atoms. The predicted molar refractivity (Wildman–Crippen MR) is 111 cm³/mol. The van der Waals surface area contributed by atoms with Crippen molar-refractivity contribution in [2.24, 2.45) is 0 Å². The summed E-state index contributed by atoms with van der Waals surface area (Å²) in [5, 5.41) is 0. The van der Waals surface area contributed by atoms with Crippen LogP contribution in [0.25, 0.3) is 0 Å². The molecule has 0 heterocycles. The Hall–Kier alpha value is 0. The zero-order chi connectivity index (χ0) is 17.0. The van der Waals surface area contributed by atoms with Crippen molar-refractivity contribution in [1.82, 2.24) is 0 Å². The van der Waals surface area contributed by atoms with Gasteiger partial charge in [0, 0.05) is 0 Å². The lowest BCUT2D eigenvalue weighted by Gasteiger charge is -2.05. The topological polar surface area (TPSA) is 0 Å². The van der Waals surface area contributed by atoms with Crippen LogP contribution in [0, 0.1) is 0 Å². The van der Waals surface area contributed by atoms with Crippen molar-refractivity contribution in [3.63, 3.8) is 0 Å². The van der Waals surface area contributed by atoms with Crippen molar-refractivity contribution in [1.29, 1.82) is 0 Å². The summed E-state index contributed by atoms with van der Waals surface area (Å²) in [5.74, 6) is 0. The Labute approximate surface area is 154 Å². The van der Waals surface area contributed by atoms with E-state index in [-0.39, 0.29) is 0 Å². The molecule has 0 bridgehead atoms. The normalized spacial score (nSPS) is 24.0. The van der Waals surface area contributed by atoms with E-state index in [1.54, 1.807) is 0 Å². The summed E-state index contributed by atoms with van der Waals surface area (Å²) >= 11 is 0. The van der Waals surface area contributed by atoms with E-state index in [2.05, 4.69) is 0 Å². The average Bonchev–Trinajstić information content (AvgIpc) is 2.75. The van der Waals surface area contributed by atoms with Gasteiger partial charge in [0.1, 0.15) is 0 Å². The van der Waals surface area contributed by atoms with Crippen molar-refractivity contribution in [2.45, 2.75) is 154 Å². The molecule has 0 aromatic heterocycles. The van der Waals surface area contributed by atoms with Crippen LogP contribution in [0.5, 0.6) is 0 Å². The van der Waals surface area contributed by atoms with Crippen molar-refractivity contribution >= 4 is 0 Å². The summed E-state index contributed by atoms with van der Waals surface area (Å²) in [6.45, 7) is 0. The molecule has 0 saturated heterocycles. The van der Waals surface area contributed by atoms with Gasteiger partial charge in [-0.25, -0.2) is 0 Å². The van der Waals surface area contributed by atoms with Crippen LogP contribution < -0.4 is 0 Å². The van der Waals surface area contributed by atoms with E-state index in [1.807, 2.05) is 0 Å². The van der Waals surface area contributed by atoms with Gasteiger partial charge in [-0.15, -0.1) is 0 Å². The Balaban J connectivity index is 0.000000160. The molecule has 0 aromatic rings. The third-order valence-corrected chi connectivity index (χ3v) is 6.00. The summed E-state index contributed by atoms with van der Waals surface area (Å²) in [6.07, 6.45) is 36.0. The summed E-state index contributed by atoms with van der Waals surface area (Å²) in [6, 6.07) is 0. The van der Waals surface area contributed by atoms with Crippen LogP contribution in [-0.4, -0.2) is 0 Å². The lowest BCUT2D eigenvalue weighted by Crippen LogP contribution is -1.85. The van der Waals surface area contributed by atoms with Crippen molar-refractivity contribution < 1.29 is 0 Å². The minimum Gasteiger partial charge on any atom is -0.0533 e. The molecule has 0 amide bonds. The molecule has 24 heavy (non-hydrogen) atoms. The van der Waals surface area contributed by atoms with Gasteiger partial charge in [-0.1, -0.05) is 154 Å². The standard InChI is InChI=1S/4C6H12/c4*1-2-4-6-5-3-1/h4*1-6H2. The maximum atomic E-state index is 1.50. The summed E-state index contributed by atoms with van der Waals surface area (Å²) in [5.41, 5.74) is 0. The van der Waals surface area contributed by atoms with E-state index in [0.29, 0.717) is 0 Å². The van der Waals surface area contributed by atoms with Gasteiger partial charge in [0.05, 0.1) is 0 Å². The zero-order valence-corrected chi connectivity index (χ0v) is 17.0.